The first kappa shape index (κ1) is 35.2. The van der Waals surface area contributed by atoms with Crippen molar-refractivity contribution >= 4 is 35.0 Å². The van der Waals surface area contributed by atoms with Crippen LogP contribution in [0.5, 0.6) is 0 Å². The Morgan fingerprint density at radius 1 is 1.09 bits per heavy atom. The van der Waals surface area contributed by atoms with Crippen molar-refractivity contribution in [1.82, 2.24) is 20.5 Å². The van der Waals surface area contributed by atoms with Crippen LogP contribution in [0.4, 0.5) is 0 Å². The molecule has 3 amide bonds. The van der Waals surface area contributed by atoms with E-state index in [9.17, 15) is 19.2 Å². The standard InChI is InChI=1S/C33H49N5O5S/c1-21(2)32(42)43-25-17-26(30(40)35-18-23-12-14-24(15-13-23)28-22(3)36-20-44-28)38(19-25)31(41)29(33(4,5)6)37-27(39)11-9-7-8-10-16-34/h12-15,20-21,25-26,29H,7-11,16-19,34H2,1-6H3,(H,35,40)(H,37,39)/t25-,26+,29-/m1/s1. The second kappa shape index (κ2) is 16.1. The van der Waals surface area contributed by atoms with Gasteiger partial charge in [-0.15, -0.1) is 11.3 Å². The van der Waals surface area contributed by atoms with Crippen LogP contribution in [0.15, 0.2) is 29.8 Å². The summed E-state index contributed by atoms with van der Waals surface area (Å²) in [5.74, 6) is -1.61. The summed E-state index contributed by atoms with van der Waals surface area (Å²) in [6.07, 6.45) is 3.36. The number of esters is 1. The normalized spacial score (nSPS) is 17.4. The van der Waals surface area contributed by atoms with E-state index in [4.69, 9.17) is 10.5 Å². The van der Waals surface area contributed by atoms with Crippen molar-refractivity contribution in [3.8, 4) is 10.4 Å². The highest BCUT2D eigenvalue weighted by Gasteiger charge is 2.46. The number of hydrogen-bond acceptors (Lipinski definition) is 8. The molecule has 2 heterocycles. The predicted molar refractivity (Wildman–Crippen MR) is 172 cm³/mol. The van der Waals surface area contributed by atoms with E-state index in [1.165, 1.54) is 4.90 Å². The van der Waals surface area contributed by atoms with Crippen LogP contribution in [0.2, 0.25) is 0 Å². The molecule has 3 atom stereocenters. The summed E-state index contributed by atoms with van der Waals surface area (Å²) in [6.45, 7) is 12.1. The van der Waals surface area contributed by atoms with Gasteiger partial charge in [0.25, 0.3) is 0 Å². The van der Waals surface area contributed by atoms with Crippen LogP contribution in [0.3, 0.4) is 0 Å². The SMILES string of the molecule is Cc1ncsc1-c1ccc(CNC(=O)[C@@H]2C[C@@H](OC(=O)C(C)C)CN2C(=O)[C@@H](NC(=O)CCCCCCN)C(C)(C)C)cc1. The number of thiazole rings is 1. The minimum atomic E-state index is -0.850. The van der Waals surface area contributed by atoms with E-state index in [1.807, 2.05) is 57.5 Å². The molecular weight excluding hydrogens is 578 g/mol. The van der Waals surface area contributed by atoms with Gasteiger partial charge in [-0.05, 0) is 42.9 Å². The van der Waals surface area contributed by atoms with Gasteiger partial charge in [0.2, 0.25) is 17.7 Å². The molecule has 44 heavy (non-hydrogen) atoms. The quantitative estimate of drug-likeness (QED) is 0.209. The molecule has 0 aliphatic carbocycles. The molecular formula is C33H49N5O5S. The average Bonchev–Trinajstić information content (AvgIpc) is 3.60. The highest BCUT2D eigenvalue weighted by atomic mass is 32.1. The molecule has 1 saturated heterocycles. The first-order valence-electron chi connectivity index (χ1n) is 15.6. The van der Waals surface area contributed by atoms with E-state index in [0.717, 1.165) is 41.0 Å². The Morgan fingerprint density at radius 2 is 1.77 bits per heavy atom. The lowest BCUT2D eigenvalue weighted by Crippen LogP contribution is -2.57. The number of rotatable bonds is 14. The Balaban J connectivity index is 1.72. The van der Waals surface area contributed by atoms with Gasteiger partial charge in [-0.2, -0.15) is 0 Å². The summed E-state index contributed by atoms with van der Waals surface area (Å²) < 4.78 is 5.67. The van der Waals surface area contributed by atoms with E-state index in [0.29, 0.717) is 19.4 Å². The number of likely N-dealkylation sites (tertiary alicyclic amines) is 1. The predicted octanol–water partition coefficient (Wildman–Crippen LogP) is 4.34. The number of amides is 3. The topological polar surface area (TPSA) is 144 Å². The Hall–Kier alpha value is -3.31. The van der Waals surface area contributed by atoms with Crippen molar-refractivity contribution in [2.24, 2.45) is 17.1 Å². The number of aromatic nitrogens is 1. The average molecular weight is 628 g/mol. The van der Waals surface area contributed by atoms with E-state index in [2.05, 4.69) is 15.6 Å². The Morgan fingerprint density at radius 3 is 2.36 bits per heavy atom. The molecule has 242 valence electrons. The molecule has 4 N–H and O–H groups in total. The molecule has 0 radical (unpaired) electrons. The second-order valence-corrected chi connectivity index (χ2v) is 13.8. The number of benzene rings is 1. The van der Waals surface area contributed by atoms with Crippen LogP contribution in [-0.4, -0.2) is 64.9 Å². The molecule has 2 aromatic rings. The van der Waals surface area contributed by atoms with Gasteiger partial charge < -0.3 is 26.0 Å². The lowest BCUT2D eigenvalue weighted by molar-refractivity contribution is -0.153. The van der Waals surface area contributed by atoms with E-state index < -0.39 is 23.6 Å². The first-order chi connectivity index (χ1) is 20.8. The number of carbonyl (C=O) groups is 4. The summed E-state index contributed by atoms with van der Waals surface area (Å²) in [4.78, 5) is 59.8. The minimum Gasteiger partial charge on any atom is -0.460 e. The number of ether oxygens (including phenoxy) is 1. The van der Waals surface area contributed by atoms with Crippen LogP contribution in [0, 0.1) is 18.3 Å². The molecule has 1 aromatic heterocycles. The van der Waals surface area contributed by atoms with Crippen molar-refractivity contribution in [3.63, 3.8) is 0 Å². The number of nitrogens with two attached hydrogens (primary N) is 1. The van der Waals surface area contributed by atoms with Crippen LogP contribution in [0.25, 0.3) is 10.4 Å². The van der Waals surface area contributed by atoms with Crippen LogP contribution in [-0.2, 0) is 30.5 Å². The zero-order valence-electron chi connectivity index (χ0n) is 27.0. The molecule has 1 aliphatic rings. The van der Waals surface area contributed by atoms with Gasteiger partial charge in [-0.3, -0.25) is 19.2 Å². The lowest BCUT2D eigenvalue weighted by atomic mass is 9.85. The molecule has 0 saturated carbocycles. The molecule has 11 heteroatoms. The Labute approximate surface area is 265 Å². The Kier molecular flexibility index (Phi) is 12.9. The van der Waals surface area contributed by atoms with Gasteiger partial charge in [0.1, 0.15) is 18.2 Å². The lowest BCUT2D eigenvalue weighted by Gasteiger charge is -2.35. The smallest absolute Gasteiger partial charge is 0.308 e. The molecule has 1 fully saturated rings. The van der Waals surface area contributed by atoms with Gasteiger partial charge in [-0.25, -0.2) is 4.98 Å². The summed E-state index contributed by atoms with van der Waals surface area (Å²) in [5.41, 5.74) is 9.71. The van der Waals surface area contributed by atoms with Gasteiger partial charge in [0, 0.05) is 19.4 Å². The third kappa shape index (κ3) is 9.85. The summed E-state index contributed by atoms with van der Waals surface area (Å²) in [5, 5.41) is 5.91. The number of unbranched alkanes of at least 4 members (excludes halogenated alkanes) is 3. The summed E-state index contributed by atoms with van der Waals surface area (Å²) in [7, 11) is 0. The second-order valence-electron chi connectivity index (χ2n) is 13.0. The van der Waals surface area contributed by atoms with Crippen molar-refractivity contribution in [2.75, 3.05) is 13.1 Å². The third-order valence-electron chi connectivity index (χ3n) is 7.81. The van der Waals surface area contributed by atoms with Crippen LogP contribution < -0.4 is 16.4 Å². The molecule has 0 unspecified atom stereocenters. The van der Waals surface area contributed by atoms with E-state index in [-0.39, 0.29) is 49.1 Å². The van der Waals surface area contributed by atoms with Crippen molar-refractivity contribution in [2.45, 2.75) is 105 Å². The maximum absolute atomic E-state index is 14.0. The van der Waals surface area contributed by atoms with Crippen molar-refractivity contribution in [1.29, 1.82) is 0 Å². The molecule has 1 aromatic carbocycles. The third-order valence-corrected chi connectivity index (χ3v) is 8.78. The zero-order chi connectivity index (χ0) is 32.4. The van der Waals surface area contributed by atoms with Gasteiger partial charge in [0.15, 0.2) is 0 Å². The zero-order valence-corrected chi connectivity index (χ0v) is 27.8. The van der Waals surface area contributed by atoms with Crippen LogP contribution in [0.1, 0.15) is 84.4 Å². The number of hydrogen-bond donors (Lipinski definition) is 3. The van der Waals surface area contributed by atoms with Crippen molar-refractivity contribution < 1.29 is 23.9 Å². The van der Waals surface area contributed by atoms with Gasteiger partial charge in [0.05, 0.1) is 28.5 Å². The summed E-state index contributed by atoms with van der Waals surface area (Å²) >= 11 is 1.58. The fourth-order valence-electron chi connectivity index (χ4n) is 5.17. The fourth-order valence-corrected chi connectivity index (χ4v) is 5.98. The molecule has 0 spiro atoms. The summed E-state index contributed by atoms with van der Waals surface area (Å²) in [6, 6.07) is 6.23. The monoisotopic (exact) mass is 627 g/mol. The number of nitrogens with one attached hydrogen (secondary N) is 2. The van der Waals surface area contributed by atoms with Gasteiger partial charge in [-0.1, -0.05) is 71.7 Å². The molecule has 1 aliphatic heterocycles. The molecule has 3 rings (SSSR count). The molecule has 0 bridgehead atoms. The fraction of sp³-hybridized carbons (Fsp3) is 0.606. The number of aryl methyl sites for hydroxylation is 1. The number of carbonyl (C=O) groups excluding carboxylic acids is 4. The maximum Gasteiger partial charge on any atom is 0.308 e. The molecule has 10 nitrogen and oxygen atoms in total. The van der Waals surface area contributed by atoms with Gasteiger partial charge >= 0.3 is 5.97 Å². The Bertz CT molecular complexity index is 1270. The maximum atomic E-state index is 14.0. The highest BCUT2D eigenvalue weighted by Crippen LogP contribution is 2.29. The van der Waals surface area contributed by atoms with E-state index in [1.54, 1.807) is 25.2 Å². The van der Waals surface area contributed by atoms with Crippen LogP contribution >= 0.6 is 11.3 Å². The number of nitrogens with zero attached hydrogens (tertiary/aromatic N) is 2. The van der Waals surface area contributed by atoms with E-state index >= 15 is 0 Å². The first-order valence-corrected chi connectivity index (χ1v) is 16.5. The largest absolute Gasteiger partial charge is 0.460 e. The minimum absolute atomic E-state index is 0.0832. The highest BCUT2D eigenvalue weighted by molar-refractivity contribution is 7.13. The van der Waals surface area contributed by atoms with Crippen molar-refractivity contribution in [3.05, 3.63) is 41.0 Å².